The van der Waals surface area contributed by atoms with Gasteiger partial charge in [-0.3, -0.25) is 9.59 Å². The maximum Gasteiger partial charge on any atom is 0.284 e. The van der Waals surface area contributed by atoms with Crippen LogP contribution in [0.2, 0.25) is 0 Å². The minimum absolute atomic E-state index is 0.0978. The van der Waals surface area contributed by atoms with Crippen molar-refractivity contribution in [2.45, 2.75) is 50.2 Å². The smallest absolute Gasteiger partial charge is 0.284 e. The summed E-state index contributed by atoms with van der Waals surface area (Å²) in [7, 11) is 0. The lowest BCUT2D eigenvalue weighted by Crippen LogP contribution is -2.19. The van der Waals surface area contributed by atoms with Crippen molar-refractivity contribution in [1.82, 2.24) is 19.3 Å². The Bertz CT molecular complexity index is 1280. The first-order valence-electron chi connectivity index (χ1n) is 11.5. The molecule has 0 radical (unpaired) electrons. The van der Waals surface area contributed by atoms with Crippen LogP contribution in [-0.2, 0) is 13.0 Å². The Morgan fingerprint density at radius 3 is 2.52 bits per heavy atom. The number of hydrogen-bond acceptors (Lipinski definition) is 5. The van der Waals surface area contributed by atoms with Crippen molar-refractivity contribution in [3.63, 3.8) is 0 Å². The van der Waals surface area contributed by atoms with E-state index in [4.69, 9.17) is 4.98 Å². The van der Waals surface area contributed by atoms with Gasteiger partial charge < -0.3 is 4.57 Å². The third kappa shape index (κ3) is 4.50. The number of fused-ring (bicyclic) bond motifs is 3. The maximum absolute atomic E-state index is 13.3. The molecule has 5 rings (SSSR count). The summed E-state index contributed by atoms with van der Waals surface area (Å²) in [6.45, 7) is 0.861. The Balaban J connectivity index is 1.41. The van der Waals surface area contributed by atoms with Crippen molar-refractivity contribution in [3.05, 3.63) is 82.3 Å². The lowest BCUT2D eigenvalue weighted by atomic mass is 10.1. The molecule has 0 unspecified atom stereocenters. The molecule has 0 aromatic heterocycles. The molecule has 0 atom stereocenters. The fraction of sp³-hybridized carbons (Fsp3) is 0.308. The van der Waals surface area contributed by atoms with E-state index < -0.39 is 0 Å². The highest BCUT2D eigenvalue weighted by Crippen LogP contribution is 2.30. The number of hydrogen-bond donors (Lipinski definition) is 0. The Morgan fingerprint density at radius 2 is 1.73 bits per heavy atom. The van der Waals surface area contributed by atoms with Crippen LogP contribution in [0.15, 0.2) is 70.6 Å². The first-order chi connectivity index (χ1) is 16.2. The van der Waals surface area contributed by atoms with Gasteiger partial charge in [-0.05, 0) is 37.8 Å². The number of Topliss-reactive ketones (excluding diaryl/α,β-unsaturated/α-hetero) is 1. The average Bonchev–Trinajstić information content (AvgIpc) is 3.02. The van der Waals surface area contributed by atoms with Gasteiger partial charge in [0.2, 0.25) is 0 Å². The summed E-state index contributed by atoms with van der Waals surface area (Å²) in [5, 5.41) is 5.48. The summed E-state index contributed by atoms with van der Waals surface area (Å²) in [5.41, 5.74) is 3.11. The van der Waals surface area contributed by atoms with E-state index in [1.54, 1.807) is 11.8 Å². The summed E-state index contributed by atoms with van der Waals surface area (Å²) >= 11 is 1.66. The Hall–Kier alpha value is -3.19. The first kappa shape index (κ1) is 21.6. The highest BCUT2D eigenvalue weighted by Gasteiger charge is 2.27. The van der Waals surface area contributed by atoms with Crippen LogP contribution in [0.5, 0.6) is 0 Å². The molecule has 0 aliphatic carbocycles. The maximum atomic E-state index is 13.3. The zero-order chi connectivity index (χ0) is 22.6. The van der Waals surface area contributed by atoms with Crippen LogP contribution >= 0.6 is 11.8 Å². The van der Waals surface area contributed by atoms with Crippen molar-refractivity contribution in [2.24, 2.45) is 0 Å². The van der Waals surface area contributed by atoms with Gasteiger partial charge in [0.1, 0.15) is 5.56 Å². The number of thioether (sulfide) groups is 1. The molecule has 3 heterocycles. The van der Waals surface area contributed by atoms with Gasteiger partial charge >= 0.3 is 0 Å². The zero-order valence-corrected chi connectivity index (χ0v) is 19.3. The third-order valence-corrected chi connectivity index (χ3v) is 7.11. The van der Waals surface area contributed by atoms with Gasteiger partial charge in [0, 0.05) is 30.0 Å². The van der Waals surface area contributed by atoms with Gasteiger partial charge in [-0.25, -0.2) is 4.98 Å². The van der Waals surface area contributed by atoms with Gasteiger partial charge in [-0.1, -0.05) is 66.7 Å². The molecule has 0 bridgehead atoms. The molecule has 2 aromatic carbocycles. The van der Waals surface area contributed by atoms with Crippen LogP contribution in [0.4, 0.5) is 0 Å². The van der Waals surface area contributed by atoms with Crippen LogP contribution in [0, 0.1) is 0 Å². The number of ketones is 1. The standard InChI is InChI=1S/C26H26N4O2S/c31-22(19-11-4-1-5-12-19)16-10-18-33-26-27-24-23(21-15-8-3-9-17-29(21)26)25(32)30(28-24)20-13-6-2-7-14-20/h1-2,4-7,11-14H,3,8-10,15-18H2. The lowest BCUT2D eigenvalue weighted by molar-refractivity contribution is 0.0982. The Morgan fingerprint density at radius 1 is 0.970 bits per heavy atom. The predicted octanol–water partition coefficient (Wildman–Crippen LogP) is 5.02. The second-order valence-corrected chi connectivity index (χ2v) is 9.36. The molecular weight excluding hydrogens is 432 g/mol. The van der Waals surface area contributed by atoms with Gasteiger partial charge in [-0.2, -0.15) is 4.68 Å². The topological polar surface area (TPSA) is 69.8 Å². The van der Waals surface area contributed by atoms with Crippen molar-refractivity contribution < 1.29 is 4.79 Å². The number of nitrogens with zero attached hydrogens (tertiary/aromatic N) is 4. The number of aromatic nitrogens is 4. The zero-order valence-electron chi connectivity index (χ0n) is 18.4. The second-order valence-electron chi connectivity index (χ2n) is 8.30. The monoisotopic (exact) mass is 458 g/mol. The normalized spacial score (nSPS) is 13.6. The molecule has 0 saturated heterocycles. The highest BCUT2D eigenvalue weighted by molar-refractivity contribution is 7.99. The van der Waals surface area contributed by atoms with Crippen LogP contribution in [0.1, 0.15) is 48.2 Å². The molecule has 0 fully saturated rings. The van der Waals surface area contributed by atoms with Gasteiger partial charge in [-0.15, -0.1) is 5.10 Å². The van der Waals surface area contributed by atoms with E-state index in [1.165, 1.54) is 4.68 Å². The molecule has 0 spiro atoms. The van der Waals surface area contributed by atoms with E-state index >= 15 is 0 Å². The second kappa shape index (κ2) is 9.75. The molecule has 0 amide bonds. The minimum atomic E-state index is -0.0978. The molecule has 3 aliphatic heterocycles. The van der Waals surface area contributed by atoms with E-state index in [0.29, 0.717) is 17.8 Å². The minimum Gasteiger partial charge on any atom is -0.324 e. The third-order valence-electron chi connectivity index (χ3n) is 6.04. The van der Waals surface area contributed by atoms with Crippen LogP contribution in [-0.4, -0.2) is 30.9 Å². The van der Waals surface area contributed by atoms with E-state index in [2.05, 4.69) is 9.67 Å². The molecular formula is C26H26N4O2S. The number of rotatable bonds is 7. The fourth-order valence-corrected chi connectivity index (χ4v) is 5.35. The number of para-hydroxylation sites is 1. The van der Waals surface area contributed by atoms with E-state index in [9.17, 15) is 9.59 Å². The average molecular weight is 459 g/mol. The van der Waals surface area contributed by atoms with E-state index in [-0.39, 0.29) is 11.3 Å². The molecule has 0 N–H and O–H groups in total. The summed E-state index contributed by atoms with van der Waals surface area (Å²) in [6, 6.07) is 18.9. The summed E-state index contributed by atoms with van der Waals surface area (Å²) in [6.07, 6.45) is 5.42. The van der Waals surface area contributed by atoms with Crippen LogP contribution < -0.4 is 5.56 Å². The van der Waals surface area contributed by atoms with Gasteiger partial charge in [0.15, 0.2) is 16.8 Å². The van der Waals surface area contributed by atoms with Crippen LogP contribution in [0.25, 0.3) is 17.1 Å². The summed E-state index contributed by atoms with van der Waals surface area (Å²) in [5.74, 6) is 1.48. The predicted molar refractivity (Wildman–Crippen MR) is 131 cm³/mol. The highest BCUT2D eigenvalue weighted by atomic mass is 32.2. The fourth-order valence-electron chi connectivity index (χ4n) is 4.37. The summed E-state index contributed by atoms with van der Waals surface area (Å²) in [4.78, 5) is 30.5. The van der Waals surface area contributed by atoms with Crippen molar-refractivity contribution in [3.8, 4) is 17.1 Å². The number of carbonyl (C=O) groups is 1. The largest absolute Gasteiger partial charge is 0.324 e. The summed E-state index contributed by atoms with van der Waals surface area (Å²) < 4.78 is 3.69. The molecule has 2 aromatic rings. The van der Waals surface area contributed by atoms with Crippen molar-refractivity contribution in [2.75, 3.05) is 5.75 Å². The molecule has 3 aliphatic rings. The number of benzene rings is 2. The van der Waals surface area contributed by atoms with E-state index in [0.717, 1.165) is 66.5 Å². The van der Waals surface area contributed by atoms with Gasteiger partial charge in [0.05, 0.1) is 5.69 Å². The molecule has 33 heavy (non-hydrogen) atoms. The van der Waals surface area contributed by atoms with Crippen molar-refractivity contribution >= 4 is 17.5 Å². The van der Waals surface area contributed by atoms with Crippen molar-refractivity contribution in [1.29, 1.82) is 0 Å². The number of carbonyl (C=O) groups excluding carboxylic acids is 1. The molecule has 7 heteroatoms. The quantitative estimate of drug-likeness (QED) is 0.168. The molecule has 6 nitrogen and oxygen atoms in total. The van der Waals surface area contributed by atoms with Gasteiger partial charge in [0.25, 0.3) is 5.56 Å². The lowest BCUT2D eigenvalue weighted by Gasteiger charge is -2.17. The Kier molecular flexibility index (Phi) is 6.39. The molecule has 168 valence electrons. The first-order valence-corrected chi connectivity index (χ1v) is 12.5. The molecule has 0 saturated carbocycles. The van der Waals surface area contributed by atoms with Crippen LogP contribution in [0.3, 0.4) is 0 Å². The van der Waals surface area contributed by atoms with E-state index in [1.807, 2.05) is 60.7 Å². The Labute approximate surface area is 197 Å². The SMILES string of the molecule is O=C(CCCSc1nc2nn(-c3ccccc3)c(=O)c-2c2n1CCCCC2)c1ccccc1.